The zero-order chi connectivity index (χ0) is 23.8. The summed E-state index contributed by atoms with van der Waals surface area (Å²) in [5.41, 5.74) is 7.00. The molecule has 6 nitrogen and oxygen atoms in total. The smallest absolute Gasteiger partial charge is 0.160 e. The van der Waals surface area contributed by atoms with E-state index in [1.54, 1.807) is 0 Å². The number of benzene rings is 2. The summed E-state index contributed by atoms with van der Waals surface area (Å²) in [6.45, 7) is 7.78. The Morgan fingerprint density at radius 1 is 0.914 bits per heavy atom. The molecule has 35 heavy (non-hydrogen) atoms. The molecule has 0 spiro atoms. The summed E-state index contributed by atoms with van der Waals surface area (Å²) in [7, 11) is 0. The van der Waals surface area contributed by atoms with Gasteiger partial charge in [-0.1, -0.05) is 12.1 Å². The van der Waals surface area contributed by atoms with Crippen molar-refractivity contribution in [1.82, 2.24) is 4.98 Å². The normalized spacial score (nSPS) is 22.1. The number of aromatic nitrogens is 1. The van der Waals surface area contributed by atoms with Crippen molar-refractivity contribution in [2.75, 3.05) is 49.2 Å². The molecule has 0 bridgehead atoms. The van der Waals surface area contributed by atoms with E-state index in [-0.39, 0.29) is 6.29 Å². The van der Waals surface area contributed by atoms with Gasteiger partial charge >= 0.3 is 0 Å². The third-order valence-electron chi connectivity index (χ3n) is 8.21. The van der Waals surface area contributed by atoms with Crippen LogP contribution in [0, 0.1) is 24.2 Å². The van der Waals surface area contributed by atoms with Crippen molar-refractivity contribution >= 4 is 22.3 Å². The van der Waals surface area contributed by atoms with Crippen LogP contribution in [0.25, 0.3) is 10.9 Å². The molecule has 3 aliphatic rings. The number of aryl methyl sites for hydroxylation is 1. The molecule has 1 atom stereocenters. The first-order chi connectivity index (χ1) is 17.2. The van der Waals surface area contributed by atoms with Gasteiger partial charge in [0.15, 0.2) is 6.29 Å². The van der Waals surface area contributed by atoms with Gasteiger partial charge in [0.05, 0.1) is 24.3 Å². The van der Waals surface area contributed by atoms with E-state index >= 15 is 0 Å². The van der Waals surface area contributed by atoms with Gasteiger partial charge in [-0.15, -0.1) is 0 Å². The molecule has 1 N–H and O–H groups in total. The van der Waals surface area contributed by atoms with E-state index in [2.05, 4.69) is 64.2 Å². The van der Waals surface area contributed by atoms with Crippen molar-refractivity contribution in [2.24, 2.45) is 5.92 Å². The monoisotopic (exact) mass is 470 g/mol. The molecule has 3 aliphatic heterocycles. The van der Waals surface area contributed by atoms with Crippen LogP contribution in [0.2, 0.25) is 0 Å². The zero-order valence-corrected chi connectivity index (χ0v) is 20.5. The maximum absolute atomic E-state index is 9.53. The molecule has 6 heteroatoms. The number of nitrogens with zero attached hydrogens (tertiary/aromatic N) is 3. The first-order valence-corrected chi connectivity index (χ1v) is 13.0. The highest BCUT2D eigenvalue weighted by molar-refractivity contribution is 5.91. The summed E-state index contributed by atoms with van der Waals surface area (Å²) in [6.07, 6.45) is 6.47. The number of piperidine rings is 2. The Bertz CT molecular complexity index is 1210. The minimum absolute atomic E-state index is 0.0128. The van der Waals surface area contributed by atoms with Crippen LogP contribution in [0.4, 0.5) is 11.4 Å². The number of hydrogen-bond acceptors (Lipinski definition) is 5. The minimum atomic E-state index is 0.0128. The summed E-state index contributed by atoms with van der Waals surface area (Å²) in [4.78, 5) is 8.42. The molecule has 3 saturated heterocycles. The largest absolute Gasteiger partial charge is 0.372 e. The molecule has 4 heterocycles. The number of fused-ring (bicyclic) bond motifs is 1. The van der Waals surface area contributed by atoms with Gasteiger partial charge < -0.3 is 24.3 Å². The number of H-pyrrole nitrogens is 1. The summed E-state index contributed by atoms with van der Waals surface area (Å²) in [5, 5.41) is 10.6. The van der Waals surface area contributed by atoms with Gasteiger partial charge in [-0.2, -0.15) is 5.26 Å². The lowest BCUT2D eigenvalue weighted by atomic mass is 9.88. The molecule has 0 radical (unpaired) electrons. The Morgan fingerprint density at radius 3 is 2.34 bits per heavy atom. The fraction of sp³-hybridized carbons (Fsp3) is 0.483. The van der Waals surface area contributed by atoms with E-state index < -0.39 is 0 Å². The molecule has 1 unspecified atom stereocenters. The average Bonchev–Trinajstić information content (AvgIpc) is 3.60. The van der Waals surface area contributed by atoms with Crippen LogP contribution in [0.5, 0.6) is 0 Å². The van der Waals surface area contributed by atoms with Gasteiger partial charge in [0.2, 0.25) is 0 Å². The SMILES string of the molecule is Cc1ccc(C2CCCN(c3ccc(N4CCC(C5OCCO5)CC4)cc3)C2)c2[nH]cc(C#N)c12. The summed E-state index contributed by atoms with van der Waals surface area (Å²) >= 11 is 0. The van der Waals surface area contributed by atoms with Crippen LogP contribution in [0.1, 0.15) is 48.3 Å². The van der Waals surface area contributed by atoms with Gasteiger partial charge in [-0.3, -0.25) is 0 Å². The maximum Gasteiger partial charge on any atom is 0.160 e. The highest BCUT2D eigenvalue weighted by Crippen LogP contribution is 2.36. The van der Waals surface area contributed by atoms with Crippen molar-refractivity contribution in [3.8, 4) is 6.07 Å². The van der Waals surface area contributed by atoms with Crippen LogP contribution < -0.4 is 9.80 Å². The van der Waals surface area contributed by atoms with E-state index in [1.807, 2.05) is 6.20 Å². The molecule has 1 aromatic heterocycles. The summed E-state index contributed by atoms with van der Waals surface area (Å²) in [5.74, 6) is 0.978. The first kappa shape index (κ1) is 22.5. The van der Waals surface area contributed by atoms with Crippen molar-refractivity contribution in [2.45, 2.75) is 44.8 Å². The molecule has 0 amide bonds. The predicted octanol–water partition coefficient (Wildman–Crippen LogP) is 5.32. The Hall–Kier alpha value is -3.01. The lowest BCUT2D eigenvalue weighted by Gasteiger charge is -2.37. The second-order valence-corrected chi connectivity index (χ2v) is 10.3. The lowest BCUT2D eigenvalue weighted by molar-refractivity contribution is -0.0889. The van der Waals surface area contributed by atoms with Gasteiger partial charge in [0.25, 0.3) is 0 Å². The molecule has 3 aromatic rings. The van der Waals surface area contributed by atoms with Crippen molar-refractivity contribution in [3.63, 3.8) is 0 Å². The van der Waals surface area contributed by atoms with Crippen molar-refractivity contribution < 1.29 is 9.47 Å². The molecular formula is C29H34N4O2. The Kier molecular flexibility index (Phi) is 6.13. The highest BCUT2D eigenvalue weighted by atomic mass is 16.7. The van der Waals surface area contributed by atoms with E-state index in [4.69, 9.17) is 9.47 Å². The van der Waals surface area contributed by atoms with Crippen molar-refractivity contribution in [1.29, 1.82) is 5.26 Å². The fourth-order valence-corrected chi connectivity index (χ4v) is 6.29. The molecule has 0 aliphatic carbocycles. The topological polar surface area (TPSA) is 64.5 Å². The molecule has 2 aromatic carbocycles. The number of aromatic amines is 1. The number of hydrogen-bond donors (Lipinski definition) is 1. The second kappa shape index (κ2) is 9.56. The summed E-state index contributed by atoms with van der Waals surface area (Å²) in [6, 6.07) is 15.9. The van der Waals surface area contributed by atoms with Gasteiger partial charge in [-0.25, -0.2) is 0 Å². The first-order valence-electron chi connectivity index (χ1n) is 13.0. The number of nitrogens with one attached hydrogen (secondary N) is 1. The van der Waals surface area contributed by atoms with E-state index in [0.717, 1.165) is 74.3 Å². The third kappa shape index (κ3) is 4.28. The predicted molar refractivity (Wildman–Crippen MR) is 139 cm³/mol. The van der Waals surface area contributed by atoms with Crippen LogP contribution in [-0.2, 0) is 9.47 Å². The fourth-order valence-electron chi connectivity index (χ4n) is 6.29. The van der Waals surface area contributed by atoms with Crippen LogP contribution in [0.3, 0.4) is 0 Å². The minimum Gasteiger partial charge on any atom is -0.372 e. The maximum atomic E-state index is 9.53. The van der Waals surface area contributed by atoms with Crippen LogP contribution in [0.15, 0.2) is 42.6 Å². The van der Waals surface area contributed by atoms with Gasteiger partial charge in [0.1, 0.15) is 6.07 Å². The van der Waals surface area contributed by atoms with Gasteiger partial charge in [-0.05, 0) is 68.0 Å². The van der Waals surface area contributed by atoms with E-state index in [1.165, 1.54) is 29.8 Å². The molecule has 0 saturated carbocycles. The lowest BCUT2D eigenvalue weighted by Crippen LogP contribution is -2.38. The quantitative estimate of drug-likeness (QED) is 0.559. The molecule has 182 valence electrons. The van der Waals surface area contributed by atoms with Crippen molar-refractivity contribution in [3.05, 3.63) is 59.3 Å². The standard InChI is InChI=1S/C29H34N4O2/c1-20-4-9-26(28-27(20)23(17-30)18-31-28)22-3-2-12-33(19-22)25-7-5-24(6-8-25)32-13-10-21(11-14-32)29-34-15-16-35-29/h4-9,18,21-22,29,31H,2-3,10-16,19H2,1H3. The number of nitriles is 1. The Morgan fingerprint density at radius 2 is 1.63 bits per heavy atom. The second-order valence-electron chi connectivity index (χ2n) is 10.3. The zero-order valence-electron chi connectivity index (χ0n) is 20.5. The number of rotatable bonds is 4. The van der Waals surface area contributed by atoms with Gasteiger partial charge in [0, 0.05) is 61.0 Å². The molecular weight excluding hydrogens is 436 g/mol. The van der Waals surface area contributed by atoms with E-state index in [9.17, 15) is 5.26 Å². The average molecular weight is 471 g/mol. The molecule has 3 fully saturated rings. The number of ether oxygens (including phenoxy) is 2. The van der Waals surface area contributed by atoms with Crippen LogP contribution >= 0.6 is 0 Å². The number of anilines is 2. The Balaban J connectivity index is 1.14. The van der Waals surface area contributed by atoms with Crippen LogP contribution in [-0.4, -0.2) is 50.7 Å². The summed E-state index contributed by atoms with van der Waals surface area (Å²) < 4.78 is 11.5. The third-order valence-corrected chi connectivity index (χ3v) is 8.21. The molecule has 6 rings (SSSR count). The van der Waals surface area contributed by atoms with E-state index in [0.29, 0.717) is 11.8 Å². The Labute approximate surface area is 207 Å². The highest BCUT2D eigenvalue weighted by Gasteiger charge is 2.30.